The highest BCUT2D eigenvalue weighted by molar-refractivity contribution is 5.92. The van der Waals surface area contributed by atoms with E-state index in [0.29, 0.717) is 11.4 Å². The highest BCUT2D eigenvalue weighted by atomic mass is 16.2. The second-order valence-corrected chi connectivity index (χ2v) is 7.42. The van der Waals surface area contributed by atoms with Gasteiger partial charge in [0.25, 0.3) is 5.91 Å². The van der Waals surface area contributed by atoms with Crippen LogP contribution in [-0.4, -0.2) is 16.1 Å². The number of aromatic amines is 1. The molecule has 0 bridgehead atoms. The maximum atomic E-state index is 12.3. The Labute approximate surface area is 159 Å². The fourth-order valence-corrected chi connectivity index (χ4v) is 2.59. The lowest BCUT2D eigenvalue weighted by atomic mass is 9.92. The van der Waals surface area contributed by atoms with Gasteiger partial charge in [-0.2, -0.15) is 5.10 Å². The van der Waals surface area contributed by atoms with E-state index in [0.717, 1.165) is 22.4 Å². The summed E-state index contributed by atoms with van der Waals surface area (Å²) in [4.78, 5) is 12.3. The molecule has 3 rings (SSSR count). The van der Waals surface area contributed by atoms with Crippen LogP contribution in [0.2, 0.25) is 0 Å². The highest BCUT2D eigenvalue weighted by Crippen LogP contribution is 2.21. The lowest BCUT2D eigenvalue weighted by Gasteiger charge is -2.14. The van der Waals surface area contributed by atoms with E-state index in [2.05, 4.69) is 60.5 Å². The van der Waals surface area contributed by atoms with Gasteiger partial charge in [-0.3, -0.25) is 20.7 Å². The first-order valence-electron chi connectivity index (χ1n) is 8.81. The molecule has 0 radical (unpaired) electrons. The summed E-state index contributed by atoms with van der Waals surface area (Å²) in [5.41, 5.74) is 10.4. The summed E-state index contributed by atoms with van der Waals surface area (Å²) in [6, 6.07) is 19.9. The van der Waals surface area contributed by atoms with Gasteiger partial charge < -0.3 is 0 Å². The van der Waals surface area contributed by atoms with Gasteiger partial charge in [0, 0.05) is 11.1 Å². The van der Waals surface area contributed by atoms with Crippen molar-refractivity contribution in [3.05, 3.63) is 84.2 Å². The van der Waals surface area contributed by atoms with E-state index in [1.165, 1.54) is 0 Å². The minimum atomic E-state index is -0.316. The van der Waals surface area contributed by atoms with Crippen LogP contribution in [-0.2, 0) is 5.41 Å². The topological polar surface area (TPSA) is 69.8 Å². The van der Waals surface area contributed by atoms with E-state index < -0.39 is 0 Å². The van der Waals surface area contributed by atoms with Crippen molar-refractivity contribution in [1.82, 2.24) is 21.0 Å². The second kappa shape index (κ2) is 7.50. The number of H-pyrrole nitrogens is 1. The van der Waals surface area contributed by atoms with Crippen molar-refractivity contribution < 1.29 is 4.79 Å². The maximum Gasteiger partial charge on any atom is 0.290 e. The molecule has 138 valence electrons. The van der Waals surface area contributed by atoms with Crippen LogP contribution in [0.15, 0.2) is 67.2 Å². The number of amides is 1. The molecular weight excluding hydrogens is 336 g/mol. The van der Waals surface area contributed by atoms with Gasteiger partial charge in [-0.05, 0) is 22.8 Å². The molecule has 3 aromatic rings. The minimum Gasteiger partial charge on any atom is -0.298 e. The Balaban J connectivity index is 1.60. The van der Waals surface area contributed by atoms with Crippen molar-refractivity contribution >= 4 is 11.6 Å². The van der Waals surface area contributed by atoms with Crippen LogP contribution >= 0.6 is 0 Å². The first-order valence-corrected chi connectivity index (χ1v) is 8.81. The van der Waals surface area contributed by atoms with Crippen molar-refractivity contribution in [3.8, 4) is 11.1 Å². The second-order valence-electron chi connectivity index (χ2n) is 7.42. The summed E-state index contributed by atoms with van der Waals surface area (Å²) in [5.74, 6) is -0.316. The van der Waals surface area contributed by atoms with Gasteiger partial charge >= 0.3 is 0 Å². The number of rotatable bonds is 5. The molecule has 0 saturated carbocycles. The number of hydrogen-bond acceptors (Lipinski definition) is 3. The first-order chi connectivity index (χ1) is 12.8. The molecule has 5 heteroatoms. The van der Waals surface area contributed by atoms with Gasteiger partial charge in [-0.15, -0.1) is 0 Å². The molecule has 3 N–H and O–H groups in total. The lowest BCUT2D eigenvalue weighted by Crippen LogP contribution is -2.36. The van der Waals surface area contributed by atoms with Crippen LogP contribution in [0.5, 0.6) is 0 Å². The molecule has 0 fully saturated rings. The smallest absolute Gasteiger partial charge is 0.290 e. The molecule has 0 unspecified atom stereocenters. The zero-order chi connectivity index (χ0) is 19.4. The number of carbonyl (C=O) groups is 1. The number of benzene rings is 2. The Kier molecular flexibility index (Phi) is 5.12. The molecule has 0 atom stereocenters. The Morgan fingerprint density at radius 2 is 1.59 bits per heavy atom. The summed E-state index contributed by atoms with van der Waals surface area (Å²) >= 11 is 0. The van der Waals surface area contributed by atoms with Gasteiger partial charge in [0.05, 0.1) is 5.70 Å². The van der Waals surface area contributed by atoms with Gasteiger partial charge in [0.15, 0.2) is 5.69 Å². The summed E-state index contributed by atoms with van der Waals surface area (Å²) in [7, 11) is 0. The predicted molar refractivity (Wildman–Crippen MR) is 109 cm³/mol. The van der Waals surface area contributed by atoms with Crippen molar-refractivity contribution in [2.45, 2.75) is 26.2 Å². The van der Waals surface area contributed by atoms with Gasteiger partial charge in [0.1, 0.15) is 0 Å². The van der Waals surface area contributed by atoms with E-state index in [1.807, 2.05) is 42.5 Å². The van der Waals surface area contributed by atoms with E-state index in [4.69, 9.17) is 0 Å². The monoisotopic (exact) mass is 360 g/mol. The highest BCUT2D eigenvalue weighted by Gasteiger charge is 2.19. The van der Waals surface area contributed by atoms with E-state index in [9.17, 15) is 4.79 Å². The Hall–Kier alpha value is -3.34. The molecule has 0 aliphatic rings. The number of aromatic nitrogens is 2. The predicted octanol–water partition coefficient (Wildman–Crippen LogP) is 4.28. The SMILES string of the molecule is C=C(NNC(=O)c1cc(C(C)(C)C)[nH]n1)c1ccc(-c2ccccc2)cc1. The maximum absolute atomic E-state index is 12.3. The molecule has 1 heterocycles. The number of nitrogens with one attached hydrogen (secondary N) is 3. The molecule has 0 saturated heterocycles. The average Bonchev–Trinajstić information content (AvgIpc) is 3.17. The normalized spacial score (nSPS) is 11.1. The third-order valence-electron chi connectivity index (χ3n) is 4.29. The molecule has 1 amide bonds. The number of nitrogens with zero attached hydrogens (tertiary/aromatic N) is 1. The van der Waals surface area contributed by atoms with Crippen LogP contribution in [0, 0.1) is 0 Å². The van der Waals surface area contributed by atoms with Gasteiger partial charge in [-0.25, -0.2) is 0 Å². The molecule has 0 spiro atoms. The Morgan fingerprint density at radius 3 is 2.19 bits per heavy atom. The molecular formula is C22H24N4O. The first kappa shape index (κ1) is 18.5. The van der Waals surface area contributed by atoms with Crippen molar-refractivity contribution in [3.63, 3.8) is 0 Å². The number of hydrogen-bond donors (Lipinski definition) is 3. The molecule has 5 nitrogen and oxygen atoms in total. The van der Waals surface area contributed by atoms with Crippen molar-refractivity contribution in [2.24, 2.45) is 0 Å². The zero-order valence-corrected chi connectivity index (χ0v) is 15.8. The number of carbonyl (C=O) groups excluding carboxylic acids is 1. The van der Waals surface area contributed by atoms with Crippen molar-refractivity contribution in [2.75, 3.05) is 0 Å². The summed E-state index contributed by atoms with van der Waals surface area (Å²) in [5, 5.41) is 6.98. The summed E-state index contributed by atoms with van der Waals surface area (Å²) in [6.45, 7) is 10.2. The Bertz CT molecular complexity index is 934. The minimum absolute atomic E-state index is 0.0942. The largest absolute Gasteiger partial charge is 0.298 e. The van der Waals surface area contributed by atoms with Crippen molar-refractivity contribution in [1.29, 1.82) is 0 Å². The molecule has 27 heavy (non-hydrogen) atoms. The summed E-state index contributed by atoms with van der Waals surface area (Å²) < 4.78 is 0. The molecule has 2 aromatic carbocycles. The molecule has 1 aromatic heterocycles. The fraction of sp³-hybridized carbons (Fsp3) is 0.182. The van der Waals surface area contributed by atoms with Gasteiger partial charge in [0.2, 0.25) is 0 Å². The van der Waals surface area contributed by atoms with Crippen LogP contribution < -0.4 is 10.9 Å². The van der Waals surface area contributed by atoms with E-state index >= 15 is 0 Å². The zero-order valence-electron chi connectivity index (χ0n) is 15.8. The van der Waals surface area contributed by atoms with Crippen LogP contribution in [0.25, 0.3) is 16.8 Å². The fourth-order valence-electron chi connectivity index (χ4n) is 2.59. The standard InChI is InChI=1S/C22H24N4O/c1-15(16-10-12-18(13-11-16)17-8-6-5-7-9-17)23-26-21(27)19-14-20(25-24-19)22(2,3)4/h5-14,23H,1H2,2-4H3,(H,24,25)(H,26,27). The molecule has 0 aliphatic carbocycles. The summed E-state index contributed by atoms with van der Waals surface area (Å²) in [6.07, 6.45) is 0. The molecule has 0 aliphatic heterocycles. The van der Waals surface area contributed by atoms with E-state index in [-0.39, 0.29) is 11.3 Å². The van der Waals surface area contributed by atoms with E-state index in [1.54, 1.807) is 6.07 Å². The third-order valence-corrected chi connectivity index (χ3v) is 4.29. The van der Waals surface area contributed by atoms with Gasteiger partial charge in [-0.1, -0.05) is 81.9 Å². The number of hydrazine groups is 1. The third kappa shape index (κ3) is 4.44. The lowest BCUT2D eigenvalue weighted by molar-refractivity contribution is 0.0937. The van der Waals surface area contributed by atoms with Crippen LogP contribution in [0.1, 0.15) is 42.5 Å². The average molecular weight is 360 g/mol. The Morgan fingerprint density at radius 1 is 0.963 bits per heavy atom. The quantitative estimate of drug-likeness (QED) is 0.595. The van der Waals surface area contributed by atoms with Crippen LogP contribution in [0.3, 0.4) is 0 Å². The van der Waals surface area contributed by atoms with Crippen LogP contribution in [0.4, 0.5) is 0 Å².